The molecule has 0 amide bonds. The van der Waals surface area contributed by atoms with Gasteiger partial charge in [0.2, 0.25) is 0 Å². The third-order valence-electron chi connectivity index (χ3n) is 3.30. The van der Waals surface area contributed by atoms with Crippen LogP contribution in [0.1, 0.15) is 25.2 Å². The van der Waals surface area contributed by atoms with Gasteiger partial charge in [0, 0.05) is 5.56 Å². The van der Waals surface area contributed by atoms with Crippen LogP contribution in [-0.2, 0) is 9.47 Å². The minimum Gasteiger partial charge on any atom is -0.390 e. The second-order valence-corrected chi connectivity index (χ2v) is 4.71. The van der Waals surface area contributed by atoms with E-state index in [0.29, 0.717) is 6.42 Å². The fraction of sp³-hybridized carbons (Fsp3) is 0.571. The minimum atomic E-state index is -1.13. The molecule has 2 rings (SSSR count). The van der Waals surface area contributed by atoms with E-state index in [-0.39, 0.29) is 6.61 Å². The first kappa shape index (κ1) is 14.4. The molecule has 0 saturated carbocycles. The van der Waals surface area contributed by atoms with E-state index in [2.05, 4.69) is 0 Å². The standard InChI is InChI=1S/C14H20O5/c1-2-10(15)12(17)13-11(16)8-18-14(19-13)9-6-4-3-5-7-9/h3-7,10-17H,2,8H2,1H3/t10-,11?,12+,13+,14?/m0/s1. The summed E-state index contributed by atoms with van der Waals surface area (Å²) in [7, 11) is 0. The highest BCUT2D eigenvalue weighted by atomic mass is 16.7. The molecule has 5 atom stereocenters. The second-order valence-electron chi connectivity index (χ2n) is 4.71. The van der Waals surface area contributed by atoms with Crippen LogP contribution in [0.25, 0.3) is 0 Å². The van der Waals surface area contributed by atoms with Gasteiger partial charge in [0.25, 0.3) is 0 Å². The Bertz CT molecular complexity index is 383. The molecule has 106 valence electrons. The van der Waals surface area contributed by atoms with E-state index in [1.165, 1.54) is 0 Å². The summed E-state index contributed by atoms with van der Waals surface area (Å²) < 4.78 is 11.0. The van der Waals surface area contributed by atoms with Crippen molar-refractivity contribution in [1.82, 2.24) is 0 Å². The number of aliphatic hydroxyl groups excluding tert-OH is 3. The van der Waals surface area contributed by atoms with Gasteiger partial charge in [-0.25, -0.2) is 0 Å². The maximum atomic E-state index is 9.99. The fourth-order valence-electron chi connectivity index (χ4n) is 2.11. The lowest BCUT2D eigenvalue weighted by molar-refractivity contribution is -0.283. The van der Waals surface area contributed by atoms with Gasteiger partial charge in [0.05, 0.1) is 12.7 Å². The molecule has 2 unspecified atom stereocenters. The van der Waals surface area contributed by atoms with Gasteiger partial charge >= 0.3 is 0 Å². The van der Waals surface area contributed by atoms with Crippen LogP contribution in [0.3, 0.4) is 0 Å². The molecular weight excluding hydrogens is 248 g/mol. The molecule has 0 bridgehead atoms. The topological polar surface area (TPSA) is 79.2 Å². The number of rotatable bonds is 4. The van der Waals surface area contributed by atoms with Crippen LogP contribution in [-0.4, -0.2) is 46.3 Å². The zero-order chi connectivity index (χ0) is 13.8. The van der Waals surface area contributed by atoms with Crippen LogP contribution < -0.4 is 0 Å². The molecule has 1 heterocycles. The summed E-state index contributed by atoms with van der Waals surface area (Å²) in [4.78, 5) is 0. The smallest absolute Gasteiger partial charge is 0.184 e. The lowest BCUT2D eigenvalue weighted by atomic mass is 10.0. The van der Waals surface area contributed by atoms with E-state index in [4.69, 9.17) is 9.47 Å². The molecule has 0 radical (unpaired) electrons. The first-order valence-electron chi connectivity index (χ1n) is 6.49. The van der Waals surface area contributed by atoms with Gasteiger partial charge in [-0.15, -0.1) is 0 Å². The van der Waals surface area contributed by atoms with Crippen molar-refractivity contribution in [3.05, 3.63) is 35.9 Å². The molecule has 0 spiro atoms. The van der Waals surface area contributed by atoms with Crippen molar-refractivity contribution in [3.63, 3.8) is 0 Å². The van der Waals surface area contributed by atoms with Gasteiger partial charge in [-0.2, -0.15) is 0 Å². The summed E-state index contributed by atoms with van der Waals surface area (Å²) in [6.07, 6.45) is -4.09. The van der Waals surface area contributed by atoms with Gasteiger partial charge in [0.1, 0.15) is 18.3 Å². The SMILES string of the molecule is CC[C@H](O)[C@@H](O)[C@@H]1OC(c2ccccc2)OCC1O. The Balaban J connectivity index is 2.08. The normalized spacial score (nSPS) is 30.8. The van der Waals surface area contributed by atoms with Crippen LogP contribution in [0.4, 0.5) is 0 Å². The molecule has 1 saturated heterocycles. The lowest BCUT2D eigenvalue weighted by Crippen LogP contribution is -2.51. The molecule has 1 aromatic rings. The van der Waals surface area contributed by atoms with Crippen molar-refractivity contribution in [1.29, 1.82) is 0 Å². The van der Waals surface area contributed by atoms with Crippen LogP contribution >= 0.6 is 0 Å². The summed E-state index contributed by atoms with van der Waals surface area (Å²) in [6.45, 7) is 1.83. The predicted molar refractivity (Wildman–Crippen MR) is 68.3 cm³/mol. The maximum Gasteiger partial charge on any atom is 0.184 e. The molecule has 1 aliphatic heterocycles. The first-order chi connectivity index (χ1) is 9.13. The average molecular weight is 268 g/mol. The van der Waals surface area contributed by atoms with E-state index in [9.17, 15) is 15.3 Å². The van der Waals surface area contributed by atoms with E-state index in [1.54, 1.807) is 6.92 Å². The molecule has 19 heavy (non-hydrogen) atoms. The van der Waals surface area contributed by atoms with E-state index in [1.807, 2.05) is 30.3 Å². The van der Waals surface area contributed by atoms with Gasteiger partial charge in [-0.3, -0.25) is 0 Å². The molecule has 1 fully saturated rings. The van der Waals surface area contributed by atoms with Crippen molar-refractivity contribution in [2.45, 2.75) is 44.1 Å². The molecular formula is C14H20O5. The Kier molecular flexibility index (Phi) is 4.90. The second kappa shape index (κ2) is 6.45. The summed E-state index contributed by atoms with van der Waals surface area (Å²) in [6, 6.07) is 9.30. The number of hydrogen-bond donors (Lipinski definition) is 3. The average Bonchev–Trinajstić information content (AvgIpc) is 2.47. The highest BCUT2D eigenvalue weighted by Gasteiger charge is 2.38. The summed E-state index contributed by atoms with van der Waals surface area (Å²) in [5, 5.41) is 29.5. The molecule has 3 N–H and O–H groups in total. The van der Waals surface area contributed by atoms with Crippen molar-refractivity contribution >= 4 is 0 Å². The van der Waals surface area contributed by atoms with Gasteiger partial charge < -0.3 is 24.8 Å². The Morgan fingerprint density at radius 1 is 1.26 bits per heavy atom. The quantitative estimate of drug-likeness (QED) is 0.745. The molecule has 1 aliphatic rings. The van der Waals surface area contributed by atoms with Gasteiger partial charge in [0.15, 0.2) is 6.29 Å². The molecule has 1 aromatic carbocycles. The van der Waals surface area contributed by atoms with Crippen molar-refractivity contribution in [2.75, 3.05) is 6.61 Å². The Hall–Kier alpha value is -0.980. The van der Waals surface area contributed by atoms with Crippen molar-refractivity contribution < 1.29 is 24.8 Å². The van der Waals surface area contributed by atoms with E-state index in [0.717, 1.165) is 5.56 Å². The van der Waals surface area contributed by atoms with E-state index < -0.39 is 30.7 Å². The predicted octanol–water partition coefficient (Wildman–Crippen LogP) is 0.593. The van der Waals surface area contributed by atoms with Crippen LogP contribution in [0.15, 0.2) is 30.3 Å². The van der Waals surface area contributed by atoms with Gasteiger partial charge in [-0.1, -0.05) is 37.3 Å². The highest BCUT2D eigenvalue weighted by Crippen LogP contribution is 2.28. The fourth-order valence-corrected chi connectivity index (χ4v) is 2.11. The van der Waals surface area contributed by atoms with Crippen LogP contribution in [0.5, 0.6) is 0 Å². The third-order valence-corrected chi connectivity index (χ3v) is 3.30. The Morgan fingerprint density at radius 2 is 1.95 bits per heavy atom. The number of ether oxygens (including phenoxy) is 2. The van der Waals surface area contributed by atoms with Crippen LogP contribution in [0.2, 0.25) is 0 Å². The zero-order valence-corrected chi connectivity index (χ0v) is 10.8. The van der Waals surface area contributed by atoms with Gasteiger partial charge in [-0.05, 0) is 6.42 Å². The van der Waals surface area contributed by atoms with Crippen molar-refractivity contribution in [3.8, 4) is 0 Å². The summed E-state index contributed by atoms with van der Waals surface area (Å²) in [5.41, 5.74) is 0.817. The summed E-state index contributed by atoms with van der Waals surface area (Å²) >= 11 is 0. The Morgan fingerprint density at radius 3 is 2.58 bits per heavy atom. The van der Waals surface area contributed by atoms with E-state index >= 15 is 0 Å². The lowest BCUT2D eigenvalue weighted by Gasteiger charge is -2.37. The third kappa shape index (κ3) is 3.32. The van der Waals surface area contributed by atoms with Crippen LogP contribution in [0, 0.1) is 0 Å². The first-order valence-corrected chi connectivity index (χ1v) is 6.49. The summed E-state index contributed by atoms with van der Waals surface area (Å²) in [5.74, 6) is 0. The molecule has 5 heteroatoms. The van der Waals surface area contributed by atoms with Crippen molar-refractivity contribution in [2.24, 2.45) is 0 Å². The minimum absolute atomic E-state index is 0.0672. The molecule has 5 nitrogen and oxygen atoms in total. The highest BCUT2D eigenvalue weighted by molar-refractivity contribution is 5.16. The monoisotopic (exact) mass is 268 g/mol. The molecule has 0 aromatic heterocycles. The largest absolute Gasteiger partial charge is 0.390 e. The number of aliphatic hydroxyl groups is 3. The Labute approximate surface area is 112 Å². The maximum absolute atomic E-state index is 9.99. The number of benzene rings is 1. The molecule has 0 aliphatic carbocycles. The number of hydrogen-bond acceptors (Lipinski definition) is 5. The zero-order valence-electron chi connectivity index (χ0n) is 10.8.